The number of halogens is 2. The molecule has 3 aromatic carbocycles. The molecule has 0 unspecified atom stereocenters. The zero-order chi connectivity index (χ0) is 27.7. The van der Waals surface area contributed by atoms with Gasteiger partial charge in [0.2, 0.25) is 21.8 Å². The predicted molar refractivity (Wildman–Crippen MR) is 153 cm³/mol. The van der Waals surface area contributed by atoms with Gasteiger partial charge >= 0.3 is 0 Å². The van der Waals surface area contributed by atoms with Gasteiger partial charge in [0, 0.05) is 24.5 Å². The summed E-state index contributed by atoms with van der Waals surface area (Å²) in [5.41, 5.74) is 1.80. The number of benzene rings is 3. The number of hydrogen-bond acceptors (Lipinski definition) is 4. The summed E-state index contributed by atoms with van der Waals surface area (Å²) in [5, 5.41) is 3.33. The first-order valence-electron chi connectivity index (χ1n) is 12.2. The van der Waals surface area contributed by atoms with Crippen LogP contribution in [0.1, 0.15) is 24.5 Å². The van der Waals surface area contributed by atoms with Crippen molar-refractivity contribution in [2.24, 2.45) is 0 Å². The van der Waals surface area contributed by atoms with Crippen LogP contribution in [0.2, 0.25) is 10.0 Å². The van der Waals surface area contributed by atoms with Gasteiger partial charge in [0.05, 0.1) is 17.0 Å². The summed E-state index contributed by atoms with van der Waals surface area (Å²) < 4.78 is 26.6. The number of carbonyl (C=O) groups excluding carboxylic acids is 2. The number of amides is 2. The lowest BCUT2D eigenvalue weighted by molar-refractivity contribution is -0.140. The van der Waals surface area contributed by atoms with Crippen molar-refractivity contribution >= 4 is 50.7 Å². The van der Waals surface area contributed by atoms with E-state index in [0.29, 0.717) is 11.6 Å². The lowest BCUT2D eigenvalue weighted by Gasteiger charge is -2.33. The quantitative estimate of drug-likeness (QED) is 0.332. The largest absolute Gasteiger partial charge is 0.354 e. The van der Waals surface area contributed by atoms with Gasteiger partial charge in [-0.05, 0) is 35.7 Å². The molecule has 2 amide bonds. The SMILES string of the molecule is CCCNC(=O)[C@H](Cc1ccccc1)N(Cc1ccccc1)C(=O)CN(c1ccc(Cl)cc1Cl)S(C)(=O)=O. The minimum Gasteiger partial charge on any atom is -0.354 e. The molecule has 0 radical (unpaired) electrons. The predicted octanol–water partition coefficient (Wildman–Crippen LogP) is 4.93. The maximum atomic E-state index is 13.9. The lowest BCUT2D eigenvalue weighted by atomic mass is 10.0. The van der Waals surface area contributed by atoms with Gasteiger partial charge in [-0.2, -0.15) is 0 Å². The average molecular weight is 577 g/mol. The molecule has 3 aromatic rings. The monoisotopic (exact) mass is 575 g/mol. The minimum absolute atomic E-state index is 0.0897. The Morgan fingerprint density at radius 1 is 0.921 bits per heavy atom. The Morgan fingerprint density at radius 3 is 2.08 bits per heavy atom. The summed E-state index contributed by atoms with van der Waals surface area (Å²) in [7, 11) is -3.92. The maximum Gasteiger partial charge on any atom is 0.244 e. The molecule has 0 aromatic heterocycles. The highest BCUT2D eigenvalue weighted by Gasteiger charge is 2.33. The van der Waals surface area contributed by atoms with Crippen molar-refractivity contribution in [2.75, 3.05) is 23.7 Å². The molecule has 202 valence electrons. The molecule has 0 aliphatic rings. The summed E-state index contributed by atoms with van der Waals surface area (Å²) in [6.45, 7) is 1.97. The van der Waals surface area contributed by atoms with Gasteiger partial charge in [0.1, 0.15) is 12.6 Å². The van der Waals surface area contributed by atoms with E-state index in [0.717, 1.165) is 28.1 Å². The van der Waals surface area contributed by atoms with Crippen LogP contribution in [0.25, 0.3) is 0 Å². The van der Waals surface area contributed by atoms with Crippen LogP contribution in [0, 0.1) is 0 Å². The molecule has 0 saturated heterocycles. The Bertz CT molecular complexity index is 1340. The standard InChI is InChI=1S/C28H31Cl2N3O4S/c1-3-16-31-28(35)26(17-21-10-6-4-7-11-21)32(19-22-12-8-5-9-13-22)27(34)20-33(38(2,36)37)25-15-14-23(29)18-24(25)30/h4-15,18,26H,3,16-17,19-20H2,1-2H3,(H,31,35)/t26-/m0/s1. The van der Waals surface area contributed by atoms with Crippen molar-refractivity contribution in [3.05, 3.63) is 100 Å². The molecule has 0 aliphatic carbocycles. The van der Waals surface area contributed by atoms with Gasteiger partial charge in [-0.15, -0.1) is 0 Å². The first-order chi connectivity index (χ1) is 18.1. The summed E-state index contributed by atoms with van der Waals surface area (Å²) in [6.07, 6.45) is 1.99. The summed E-state index contributed by atoms with van der Waals surface area (Å²) >= 11 is 12.3. The zero-order valence-electron chi connectivity index (χ0n) is 21.3. The lowest BCUT2D eigenvalue weighted by Crippen LogP contribution is -2.53. The van der Waals surface area contributed by atoms with E-state index in [1.165, 1.54) is 23.1 Å². The highest BCUT2D eigenvalue weighted by molar-refractivity contribution is 7.92. The number of anilines is 1. The minimum atomic E-state index is -3.92. The number of carbonyl (C=O) groups is 2. The van der Waals surface area contributed by atoms with Crippen molar-refractivity contribution < 1.29 is 18.0 Å². The number of rotatable bonds is 12. The van der Waals surface area contributed by atoms with Crippen molar-refractivity contribution in [1.82, 2.24) is 10.2 Å². The van der Waals surface area contributed by atoms with Crippen LogP contribution < -0.4 is 9.62 Å². The van der Waals surface area contributed by atoms with Gasteiger partial charge in [-0.1, -0.05) is 90.8 Å². The summed E-state index contributed by atoms with van der Waals surface area (Å²) in [4.78, 5) is 28.8. The van der Waals surface area contributed by atoms with Crippen LogP contribution >= 0.6 is 23.2 Å². The van der Waals surface area contributed by atoms with E-state index in [1.54, 1.807) is 0 Å². The Morgan fingerprint density at radius 2 is 1.53 bits per heavy atom. The fourth-order valence-electron chi connectivity index (χ4n) is 3.98. The van der Waals surface area contributed by atoms with E-state index < -0.39 is 28.5 Å². The van der Waals surface area contributed by atoms with Crippen LogP contribution in [0.4, 0.5) is 5.69 Å². The number of nitrogens with one attached hydrogen (secondary N) is 1. The first-order valence-corrected chi connectivity index (χ1v) is 14.8. The molecule has 0 saturated carbocycles. The molecule has 1 atom stereocenters. The molecule has 10 heteroatoms. The molecule has 0 bridgehead atoms. The van der Waals surface area contributed by atoms with E-state index in [1.807, 2.05) is 67.6 Å². The Balaban J connectivity index is 2.04. The topological polar surface area (TPSA) is 86.8 Å². The second-order valence-corrected chi connectivity index (χ2v) is 11.6. The number of nitrogens with zero attached hydrogens (tertiary/aromatic N) is 2. The molecule has 3 rings (SSSR count). The van der Waals surface area contributed by atoms with Crippen molar-refractivity contribution in [3.8, 4) is 0 Å². The molecule has 0 aliphatic heterocycles. The van der Waals surface area contributed by atoms with Crippen LogP contribution in [-0.4, -0.2) is 50.5 Å². The highest BCUT2D eigenvalue weighted by Crippen LogP contribution is 2.30. The van der Waals surface area contributed by atoms with Crippen LogP contribution in [0.3, 0.4) is 0 Å². The third-order valence-electron chi connectivity index (χ3n) is 5.87. The third-order valence-corrected chi connectivity index (χ3v) is 7.54. The fourth-order valence-corrected chi connectivity index (χ4v) is 5.40. The highest BCUT2D eigenvalue weighted by atomic mass is 35.5. The van der Waals surface area contributed by atoms with Crippen molar-refractivity contribution in [3.63, 3.8) is 0 Å². The Kier molecular flexibility index (Phi) is 10.6. The summed E-state index contributed by atoms with van der Waals surface area (Å²) in [6, 6.07) is 22.2. The van der Waals surface area contributed by atoms with E-state index in [9.17, 15) is 18.0 Å². The molecule has 38 heavy (non-hydrogen) atoms. The van der Waals surface area contributed by atoms with Gasteiger partial charge in [-0.3, -0.25) is 13.9 Å². The van der Waals surface area contributed by atoms with E-state index in [-0.39, 0.29) is 29.6 Å². The van der Waals surface area contributed by atoms with Crippen LogP contribution in [0.5, 0.6) is 0 Å². The molecule has 0 heterocycles. The van der Waals surface area contributed by atoms with Gasteiger partial charge in [0.25, 0.3) is 0 Å². The molecule has 0 spiro atoms. The van der Waals surface area contributed by atoms with Crippen molar-refractivity contribution in [1.29, 1.82) is 0 Å². The third kappa shape index (κ3) is 8.21. The maximum absolute atomic E-state index is 13.9. The Labute approximate surface area is 234 Å². The average Bonchev–Trinajstić information content (AvgIpc) is 2.88. The molecule has 0 fully saturated rings. The smallest absolute Gasteiger partial charge is 0.244 e. The van der Waals surface area contributed by atoms with Gasteiger partial charge < -0.3 is 10.2 Å². The molecule has 1 N–H and O–H groups in total. The summed E-state index contributed by atoms with van der Waals surface area (Å²) in [5.74, 6) is -0.853. The number of hydrogen-bond donors (Lipinski definition) is 1. The number of sulfonamides is 1. The molecular formula is C28H31Cl2N3O4S. The zero-order valence-corrected chi connectivity index (χ0v) is 23.6. The Hall–Kier alpha value is -3.07. The van der Waals surface area contributed by atoms with Crippen LogP contribution in [-0.2, 0) is 32.6 Å². The van der Waals surface area contributed by atoms with E-state index in [4.69, 9.17) is 23.2 Å². The molecule has 7 nitrogen and oxygen atoms in total. The van der Waals surface area contributed by atoms with Gasteiger partial charge in [0.15, 0.2) is 0 Å². The van der Waals surface area contributed by atoms with Crippen LogP contribution in [0.15, 0.2) is 78.9 Å². The van der Waals surface area contributed by atoms with E-state index in [2.05, 4.69) is 5.32 Å². The van der Waals surface area contributed by atoms with Crippen molar-refractivity contribution in [2.45, 2.75) is 32.4 Å². The first kappa shape index (κ1) is 29.5. The second kappa shape index (κ2) is 13.6. The normalized spacial score (nSPS) is 12.0. The van der Waals surface area contributed by atoms with E-state index >= 15 is 0 Å². The van der Waals surface area contributed by atoms with Gasteiger partial charge in [-0.25, -0.2) is 8.42 Å². The second-order valence-electron chi connectivity index (χ2n) is 8.87. The molecular weight excluding hydrogens is 545 g/mol. The fraction of sp³-hybridized carbons (Fsp3) is 0.286.